The minimum atomic E-state index is -0.500. The van der Waals surface area contributed by atoms with Crippen LogP contribution >= 0.6 is 0 Å². The van der Waals surface area contributed by atoms with Crippen LogP contribution in [-0.4, -0.2) is 19.6 Å². The third kappa shape index (κ3) is 6.13. The van der Waals surface area contributed by atoms with E-state index < -0.39 is 5.91 Å². The summed E-state index contributed by atoms with van der Waals surface area (Å²) in [5.41, 5.74) is 2.23. The van der Waals surface area contributed by atoms with Gasteiger partial charge in [0, 0.05) is 5.69 Å². The quantitative estimate of drug-likeness (QED) is 0.373. The molecule has 0 atom stereocenters. The molecule has 0 aliphatic heterocycles. The van der Waals surface area contributed by atoms with Crippen molar-refractivity contribution in [2.75, 3.05) is 19.0 Å². The number of methoxy groups -OCH3 is 1. The Morgan fingerprint density at radius 2 is 1.75 bits per heavy atom. The van der Waals surface area contributed by atoms with Gasteiger partial charge >= 0.3 is 0 Å². The van der Waals surface area contributed by atoms with Crippen LogP contribution in [0, 0.1) is 11.3 Å². The highest BCUT2D eigenvalue weighted by Crippen LogP contribution is 2.30. The van der Waals surface area contributed by atoms with Crippen LogP contribution in [0.15, 0.2) is 78.4 Å². The zero-order valence-electron chi connectivity index (χ0n) is 18.0. The smallest absolute Gasteiger partial charge is 0.266 e. The molecule has 1 N–H and O–H groups in total. The highest BCUT2D eigenvalue weighted by Gasteiger charge is 2.11. The largest absolute Gasteiger partial charge is 0.494 e. The summed E-state index contributed by atoms with van der Waals surface area (Å²) in [7, 11) is 1.54. The van der Waals surface area contributed by atoms with Gasteiger partial charge in [-0.2, -0.15) is 5.26 Å². The fourth-order valence-corrected chi connectivity index (χ4v) is 2.94. The summed E-state index contributed by atoms with van der Waals surface area (Å²) in [6.07, 6.45) is 1.51. The zero-order chi connectivity index (χ0) is 22.8. The number of hydrogen-bond donors (Lipinski definition) is 1. The van der Waals surface area contributed by atoms with Crippen molar-refractivity contribution in [3.05, 3.63) is 89.5 Å². The Bertz CT molecular complexity index is 1120. The zero-order valence-corrected chi connectivity index (χ0v) is 18.0. The van der Waals surface area contributed by atoms with E-state index in [-0.39, 0.29) is 5.57 Å². The molecule has 0 aromatic heterocycles. The van der Waals surface area contributed by atoms with Gasteiger partial charge in [-0.3, -0.25) is 4.79 Å². The predicted octanol–water partition coefficient (Wildman–Crippen LogP) is 5.22. The number of rotatable bonds is 9. The molecule has 6 heteroatoms. The van der Waals surface area contributed by atoms with Gasteiger partial charge in [0.15, 0.2) is 11.5 Å². The topological polar surface area (TPSA) is 80.6 Å². The van der Waals surface area contributed by atoms with E-state index in [4.69, 9.17) is 14.2 Å². The van der Waals surface area contributed by atoms with Gasteiger partial charge in [0.05, 0.1) is 13.7 Å². The summed E-state index contributed by atoms with van der Waals surface area (Å²) in [4.78, 5) is 12.6. The predicted molar refractivity (Wildman–Crippen MR) is 124 cm³/mol. The van der Waals surface area contributed by atoms with Crippen molar-refractivity contribution in [3.8, 4) is 23.3 Å². The molecule has 3 rings (SSSR count). The van der Waals surface area contributed by atoms with Crippen LogP contribution in [0.2, 0.25) is 0 Å². The van der Waals surface area contributed by atoms with E-state index in [2.05, 4.69) is 5.32 Å². The first kappa shape index (κ1) is 22.4. The van der Waals surface area contributed by atoms with Crippen molar-refractivity contribution in [1.29, 1.82) is 5.26 Å². The van der Waals surface area contributed by atoms with Crippen molar-refractivity contribution in [2.24, 2.45) is 0 Å². The lowest BCUT2D eigenvalue weighted by Crippen LogP contribution is -2.13. The van der Waals surface area contributed by atoms with Gasteiger partial charge in [-0.1, -0.05) is 36.4 Å². The molecule has 0 fully saturated rings. The van der Waals surface area contributed by atoms with Crippen molar-refractivity contribution >= 4 is 17.7 Å². The summed E-state index contributed by atoms with van der Waals surface area (Å²) >= 11 is 0. The minimum absolute atomic E-state index is 0.0288. The first-order valence-electron chi connectivity index (χ1n) is 10.1. The average Bonchev–Trinajstić information content (AvgIpc) is 2.83. The highest BCUT2D eigenvalue weighted by molar-refractivity contribution is 6.09. The Balaban J connectivity index is 1.71. The fourth-order valence-electron chi connectivity index (χ4n) is 2.94. The molecule has 0 spiro atoms. The van der Waals surface area contributed by atoms with E-state index in [1.54, 1.807) is 49.6 Å². The number of hydrogen-bond acceptors (Lipinski definition) is 5. The molecule has 1 amide bonds. The third-order valence-electron chi connectivity index (χ3n) is 4.52. The standard InChI is InChI=1S/C26H24N2O4/c1-3-31-23-12-10-22(11-13-23)28-26(29)21(17-27)15-20-9-14-24(25(16-20)30-2)32-18-19-7-5-4-6-8-19/h4-16H,3,18H2,1-2H3,(H,28,29). The summed E-state index contributed by atoms with van der Waals surface area (Å²) in [5.74, 6) is 1.30. The van der Waals surface area contributed by atoms with Crippen molar-refractivity contribution < 1.29 is 19.0 Å². The van der Waals surface area contributed by atoms with E-state index in [9.17, 15) is 10.1 Å². The molecule has 0 saturated carbocycles. The van der Waals surface area contributed by atoms with Crippen molar-refractivity contribution in [3.63, 3.8) is 0 Å². The lowest BCUT2D eigenvalue weighted by Gasteiger charge is -2.11. The maximum absolute atomic E-state index is 12.6. The number of anilines is 1. The van der Waals surface area contributed by atoms with Crippen LogP contribution < -0.4 is 19.5 Å². The van der Waals surface area contributed by atoms with Crippen LogP contribution in [0.25, 0.3) is 6.08 Å². The molecule has 0 radical (unpaired) electrons. The number of ether oxygens (including phenoxy) is 3. The number of nitrogens with one attached hydrogen (secondary N) is 1. The second kappa shape index (κ2) is 11.2. The summed E-state index contributed by atoms with van der Waals surface area (Å²) < 4.78 is 16.7. The lowest BCUT2D eigenvalue weighted by molar-refractivity contribution is -0.112. The first-order chi connectivity index (χ1) is 15.6. The van der Waals surface area contributed by atoms with Gasteiger partial charge in [-0.05, 0) is 60.5 Å². The number of carbonyl (C=O) groups is 1. The molecular weight excluding hydrogens is 404 g/mol. The molecule has 32 heavy (non-hydrogen) atoms. The molecule has 0 saturated heterocycles. The lowest BCUT2D eigenvalue weighted by atomic mass is 10.1. The minimum Gasteiger partial charge on any atom is -0.494 e. The molecule has 6 nitrogen and oxygen atoms in total. The van der Waals surface area contributed by atoms with Crippen molar-refractivity contribution in [2.45, 2.75) is 13.5 Å². The van der Waals surface area contributed by atoms with Gasteiger partial charge in [0.2, 0.25) is 0 Å². The summed E-state index contributed by atoms with van der Waals surface area (Å²) in [6.45, 7) is 2.86. The van der Waals surface area contributed by atoms with Crippen LogP contribution in [0.5, 0.6) is 17.2 Å². The highest BCUT2D eigenvalue weighted by atomic mass is 16.5. The number of amides is 1. The second-order valence-electron chi connectivity index (χ2n) is 6.77. The van der Waals surface area contributed by atoms with Gasteiger partial charge in [-0.25, -0.2) is 0 Å². The maximum Gasteiger partial charge on any atom is 0.266 e. The summed E-state index contributed by atoms with van der Waals surface area (Å²) in [5, 5.41) is 12.2. The Morgan fingerprint density at radius 3 is 2.41 bits per heavy atom. The molecule has 162 valence electrons. The van der Waals surface area contributed by atoms with Crippen molar-refractivity contribution in [1.82, 2.24) is 0 Å². The Kier molecular flexibility index (Phi) is 7.88. The van der Waals surface area contributed by atoms with E-state index >= 15 is 0 Å². The van der Waals surface area contributed by atoms with Crippen LogP contribution in [0.1, 0.15) is 18.1 Å². The van der Waals surface area contributed by atoms with Gasteiger partial charge < -0.3 is 19.5 Å². The number of carbonyl (C=O) groups excluding carboxylic acids is 1. The molecule has 0 aliphatic carbocycles. The Hall–Kier alpha value is -4.24. The molecule has 3 aromatic carbocycles. The van der Waals surface area contributed by atoms with Crippen LogP contribution in [0.4, 0.5) is 5.69 Å². The second-order valence-corrected chi connectivity index (χ2v) is 6.77. The molecule has 0 bridgehead atoms. The SMILES string of the molecule is CCOc1ccc(NC(=O)C(C#N)=Cc2ccc(OCc3ccccc3)c(OC)c2)cc1. The monoisotopic (exact) mass is 428 g/mol. The van der Waals surface area contributed by atoms with Gasteiger partial charge in [-0.15, -0.1) is 0 Å². The van der Waals surface area contributed by atoms with Gasteiger partial charge in [0.25, 0.3) is 5.91 Å². The van der Waals surface area contributed by atoms with Crippen LogP contribution in [0.3, 0.4) is 0 Å². The average molecular weight is 428 g/mol. The molecule has 3 aromatic rings. The van der Waals surface area contributed by atoms with E-state index in [0.717, 1.165) is 5.56 Å². The van der Waals surface area contributed by atoms with E-state index in [1.165, 1.54) is 6.08 Å². The summed E-state index contributed by atoms with van der Waals surface area (Å²) in [6, 6.07) is 24.0. The van der Waals surface area contributed by atoms with E-state index in [0.29, 0.717) is 41.7 Å². The number of nitrogens with zero attached hydrogens (tertiary/aromatic N) is 1. The van der Waals surface area contributed by atoms with E-state index in [1.807, 2.05) is 43.3 Å². The number of nitriles is 1. The first-order valence-corrected chi connectivity index (χ1v) is 10.1. The molecule has 0 heterocycles. The molecule has 0 unspecified atom stereocenters. The Morgan fingerprint density at radius 1 is 1.00 bits per heavy atom. The Labute approximate surface area is 187 Å². The maximum atomic E-state index is 12.6. The van der Waals surface area contributed by atoms with Crippen LogP contribution in [-0.2, 0) is 11.4 Å². The fraction of sp³-hybridized carbons (Fsp3) is 0.154. The normalized spacial score (nSPS) is 10.7. The molecule has 0 aliphatic rings. The van der Waals surface area contributed by atoms with Gasteiger partial charge in [0.1, 0.15) is 24.0 Å². The molecular formula is C26H24N2O4. The third-order valence-corrected chi connectivity index (χ3v) is 4.52. The number of benzene rings is 3.